The van der Waals surface area contributed by atoms with Gasteiger partial charge in [-0.2, -0.15) is 5.10 Å². The molecule has 0 bridgehead atoms. The molecule has 0 spiro atoms. The van der Waals surface area contributed by atoms with Crippen LogP contribution >= 0.6 is 15.9 Å². The molecule has 0 aliphatic heterocycles. The van der Waals surface area contributed by atoms with E-state index in [1.165, 1.54) is 15.8 Å². The van der Waals surface area contributed by atoms with Crippen molar-refractivity contribution in [3.63, 3.8) is 0 Å². The number of aryl methyl sites for hydroxylation is 2. The standard InChI is InChI=1S/C15H17BrN4O/c1-20-15(21)14(16)13(8-18-20)19-12-4-2-3-9-7-10(17)5-6-11(9)12/h5-8,12,19H,2-4,17H2,1H3. The first-order chi connectivity index (χ1) is 10.1. The van der Waals surface area contributed by atoms with Gasteiger partial charge in [-0.3, -0.25) is 4.79 Å². The Morgan fingerprint density at radius 3 is 3.10 bits per heavy atom. The summed E-state index contributed by atoms with van der Waals surface area (Å²) in [6.45, 7) is 0. The fourth-order valence-electron chi connectivity index (χ4n) is 2.78. The quantitative estimate of drug-likeness (QED) is 0.818. The molecule has 1 aliphatic carbocycles. The smallest absolute Gasteiger partial charge is 0.282 e. The van der Waals surface area contributed by atoms with Crippen LogP contribution in [-0.4, -0.2) is 9.78 Å². The Labute approximate surface area is 131 Å². The number of nitrogens with two attached hydrogens (primary N) is 1. The topological polar surface area (TPSA) is 72.9 Å². The maximum Gasteiger partial charge on any atom is 0.282 e. The fourth-order valence-corrected chi connectivity index (χ4v) is 3.26. The third kappa shape index (κ3) is 2.68. The number of nitrogen functional groups attached to an aromatic ring is 1. The normalized spacial score (nSPS) is 17.3. The Kier molecular flexibility index (Phi) is 3.71. The minimum absolute atomic E-state index is 0.145. The molecule has 21 heavy (non-hydrogen) atoms. The van der Waals surface area contributed by atoms with Gasteiger partial charge in [0.15, 0.2) is 0 Å². The van der Waals surface area contributed by atoms with Crippen LogP contribution in [0.5, 0.6) is 0 Å². The molecule has 0 saturated heterocycles. The summed E-state index contributed by atoms with van der Waals surface area (Å²) >= 11 is 3.35. The summed E-state index contributed by atoms with van der Waals surface area (Å²) in [4.78, 5) is 11.9. The predicted octanol–water partition coefficient (Wildman–Crippen LogP) is 2.61. The van der Waals surface area contributed by atoms with Crippen LogP contribution < -0.4 is 16.6 Å². The van der Waals surface area contributed by atoms with E-state index < -0.39 is 0 Å². The Hall–Kier alpha value is -1.82. The van der Waals surface area contributed by atoms with Gasteiger partial charge in [-0.25, -0.2) is 4.68 Å². The maximum atomic E-state index is 11.9. The molecule has 1 aromatic carbocycles. The van der Waals surface area contributed by atoms with Crippen molar-refractivity contribution in [1.82, 2.24) is 9.78 Å². The lowest BCUT2D eigenvalue weighted by Gasteiger charge is -2.27. The van der Waals surface area contributed by atoms with Gasteiger partial charge in [-0.15, -0.1) is 0 Å². The second-order valence-electron chi connectivity index (χ2n) is 5.35. The number of hydrogen-bond acceptors (Lipinski definition) is 4. The van der Waals surface area contributed by atoms with Crippen molar-refractivity contribution in [3.05, 3.63) is 50.3 Å². The van der Waals surface area contributed by atoms with Gasteiger partial charge in [0, 0.05) is 12.7 Å². The zero-order valence-electron chi connectivity index (χ0n) is 11.8. The van der Waals surface area contributed by atoms with Crippen LogP contribution in [0.1, 0.15) is 30.0 Å². The molecule has 3 N–H and O–H groups in total. The molecule has 5 nitrogen and oxygen atoms in total. The van der Waals surface area contributed by atoms with Crippen molar-refractivity contribution >= 4 is 27.3 Å². The van der Waals surface area contributed by atoms with Gasteiger partial charge >= 0.3 is 0 Å². The molecule has 2 aromatic rings. The molecule has 0 amide bonds. The third-order valence-corrected chi connectivity index (χ3v) is 4.66. The Balaban J connectivity index is 1.94. The molecule has 1 heterocycles. The molecule has 1 aromatic heterocycles. The lowest BCUT2D eigenvalue weighted by atomic mass is 9.87. The summed E-state index contributed by atoms with van der Waals surface area (Å²) < 4.78 is 1.83. The minimum Gasteiger partial charge on any atom is -0.399 e. The van der Waals surface area contributed by atoms with Gasteiger partial charge in [-0.1, -0.05) is 6.07 Å². The number of halogens is 1. The fraction of sp³-hybridized carbons (Fsp3) is 0.333. The molecule has 1 unspecified atom stereocenters. The number of hydrogen-bond donors (Lipinski definition) is 2. The number of nitrogens with one attached hydrogen (secondary N) is 1. The summed E-state index contributed by atoms with van der Waals surface area (Å²) in [6, 6.07) is 6.22. The van der Waals surface area contributed by atoms with Crippen molar-refractivity contribution in [3.8, 4) is 0 Å². The highest BCUT2D eigenvalue weighted by Gasteiger charge is 2.21. The largest absolute Gasteiger partial charge is 0.399 e. The first kappa shape index (κ1) is 14.1. The second kappa shape index (κ2) is 5.52. The van der Waals surface area contributed by atoms with E-state index in [2.05, 4.69) is 32.4 Å². The van der Waals surface area contributed by atoms with E-state index in [-0.39, 0.29) is 11.6 Å². The van der Waals surface area contributed by atoms with Crippen molar-refractivity contribution in [2.45, 2.75) is 25.3 Å². The first-order valence-corrected chi connectivity index (χ1v) is 7.72. The SMILES string of the molecule is Cn1ncc(NC2CCCc3cc(N)ccc32)c(Br)c1=O. The molecule has 110 valence electrons. The summed E-state index contributed by atoms with van der Waals surface area (Å²) in [5.41, 5.74) is 9.78. The highest BCUT2D eigenvalue weighted by molar-refractivity contribution is 9.10. The molecular weight excluding hydrogens is 332 g/mol. The maximum absolute atomic E-state index is 11.9. The van der Waals surface area contributed by atoms with Crippen LogP contribution in [0.15, 0.2) is 33.7 Å². The van der Waals surface area contributed by atoms with Crippen LogP contribution in [-0.2, 0) is 13.5 Å². The van der Waals surface area contributed by atoms with E-state index in [1.54, 1.807) is 13.2 Å². The number of nitrogens with zero attached hydrogens (tertiary/aromatic N) is 2. The summed E-state index contributed by atoms with van der Waals surface area (Å²) in [5, 5.41) is 7.50. The zero-order chi connectivity index (χ0) is 15.0. The van der Waals surface area contributed by atoms with Crippen molar-refractivity contribution in [1.29, 1.82) is 0 Å². The van der Waals surface area contributed by atoms with Gasteiger partial charge < -0.3 is 11.1 Å². The third-order valence-electron chi connectivity index (χ3n) is 3.89. The van der Waals surface area contributed by atoms with Gasteiger partial charge in [0.2, 0.25) is 0 Å². The lowest BCUT2D eigenvalue weighted by Crippen LogP contribution is -2.23. The van der Waals surface area contributed by atoms with E-state index >= 15 is 0 Å². The van der Waals surface area contributed by atoms with E-state index in [4.69, 9.17) is 5.73 Å². The van der Waals surface area contributed by atoms with Crippen molar-refractivity contribution < 1.29 is 0 Å². The van der Waals surface area contributed by atoms with E-state index in [9.17, 15) is 4.79 Å². The summed E-state index contributed by atoms with van der Waals surface area (Å²) in [7, 11) is 1.63. The highest BCUT2D eigenvalue weighted by atomic mass is 79.9. The van der Waals surface area contributed by atoms with Gasteiger partial charge in [0.25, 0.3) is 5.56 Å². The van der Waals surface area contributed by atoms with E-state index in [0.29, 0.717) is 4.47 Å². The molecule has 6 heteroatoms. The lowest BCUT2D eigenvalue weighted by molar-refractivity contribution is 0.598. The number of aromatic nitrogens is 2. The van der Waals surface area contributed by atoms with Gasteiger partial charge in [-0.05, 0) is 58.5 Å². The molecule has 0 radical (unpaired) electrons. The van der Waals surface area contributed by atoms with E-state index in [1.807, 2.05) is 12.1 Å². The molecule has 1 aliphatic rings. The molecule has 3 rings (SSSR count). The van der Waals surface area contributed by atoms with Gasteiger partial charge in [0.1, 0.15) is 4.47 Å². The molecule has 0 saturated carbocycles. The number of fused-ring (bicyclic) bond motifs is 1. The molecular formula is C15H17BrN4O. The first-order valence-electron chi connectivity index (χ1n) is 6.93. The molecule has 1 atom stereocenters. The monoisotopic (exact) mass is 348 g/mol. The number of anilines is 2. The zero-order valence-corrected chi connectivity index (χ0v) is 13.4. The van der Waals surface area contributed by atoms with Crippen LogP contribution in [0, 0.1) is 0 Å². The average Bonchev–Trinajstić information content (AvgIpc) is 2.48. The summed E-state index contributed by atoms with van der Waals surface area (Å²) in [5.74, 6) is 0. The minimum atomic E-state index is -0.145. The average molecular weight is 349 g/mol. The predicted molar refractivity (Wildman–Crippen MR) is 87.3 cm³/mol. The highest BCUT2D eigenvalue weighted by Crippen LogP contribution is 2.34. The van der Waals surface area contributed by atoms with E-state index in [0.717, 1.165) is 30.6 Å². The Bertz CT molecular complexity index is 741. The number of benzene rings is 1. The second-order valence-corrected chi connectivity index (χ2v) is 6.14. The number of rotatable bonds is 2. The van der Waals surface area contributed by atoms with Crippen LogP contribution in [0.4, 0.5) is 11.4 Å². The van der Waals surface area contributed by atoms with Crippen LogP contribution in [0.25, 0.3) is 0 Å². The van der Waals surface area contributed by atoms with Crippen molar-refractivity contribution in [2.75, 3.05) is 11.1 Å². The Morgan fingerprint density at radius 1 is 1.48 bits per heavy atom. The van der Waals surface area contributed by atoms with Crippen LogP contribution in [0.2, 0.25) is 0 Å². The van der Waals surface area contributed by atoms with Crippen LogP contribution in [0.3, 0.4) is 0 Å². The summed E-state index contributed by atoms with van der Waals surface area (Å²) in [6.07, 6.45) is 4.86. The van der Waals surface area contributed by atoms with Gasteiger partial charge in [0.05, 0.1) is 17.9 Å². The Morgan fingerprint density at radius 2 is 2.29 bits per heavy atom. The molecule has 0 fully saturated rings. The van der Waals surface area contributed by atoms with Crippen molar-refractivity contribution in [2.24, 2.45) is 7.05 Å².